The van der Waals surface area contributed by atoms with Gasteiger partial charge >= 0.3 is 0 Å². The van der Waals surface area contributed by atoms with Gasteiger partial charge in [-0.2, -0.15) is 0 Å². The van der Waals surface area contributed by atoms with Gasteiger partial charge in [0, 0.05) is 55.4 Å². The quantitative estimate of drug-likeness (QED) is 0.636. The molecule has 0 aliphatic carbocycles. The van der Waals surface area contributed by atoms with E-state index in [1.165, 1.54) is 13.0 Å². The number of Topliss-reactive ketones (excluding diaryl/α,β-unsaturated/α-hetero) is 1. The SMILES string of the molecule is CC(=O)c1ccc(N2CCN(C(=O)c3ccc(-n4cccc4)cc3)CC2)c(F)c1. The Balaban J connectivity index is 1.40. The standard InChI is InChI=1S/C23H22FN3O2/c1-17(28)19-6-9-22(21(24)16-19)26-12-14-27(15-13-26)23(29)18-4-7-20(8-5-18)25-10-2-3-11-25/h2-11,16H,12-15H2,1H3. The topological polar surface area (TPSA) is 45.6 Å². The van der Waals surface area contributed by atoms with Gasteiger partial charge in [0.1, 0.15) is 5.82 Å². The maximum Gasteiger partial charge on any atom is 0.253 e. The van der Waals surface area contributed by atoms with E-state index in [0.29, 0.717) is 43.0 Å². The number of piperazine rings is 1. The van der Waals surface area contributed by atoms with E-state index in [1.807, 2.05) is 58.3 Å². The molecule has 1 aromatic heterocycles. The summed E-state index contributed by atoms with van der Waals surface area (Å²) in [5, 5.41) is 0. The molecule has 3 aromatic rings. The minimum absolute atomic E-state index is 0.0175. The molecule has 1 fully saturated rings. The molecule has 0 bridgehead atoms. The second kappa shape index (κ2) is 7.91. The number of carbonyl (C=O) groups is 2. The van der Waals surface area contributed by atoms with Crippen molar-refractivity contribution in [2.75, 3.05) is 31.1 Å². The molecule has 148 valence electrons. The van der Waals surface area contributed by atoms with E-state index < -0.39 is 5.82 Å². The van der Waals surface area contributed by atoms with Crippen molar-refractivity contribution in [2.45, 2.75) is 6.92 Å². The molecule has 1 aliphatic heterocycles. The first-order chi connectivity index (χ1) is 14.0. The Kier molecular flexibility index (Phi) is 5.16. The van der Waals surface area contributed by atoms with Crippen molar-refractivity contribution >= 4 is 17.4 Å². The molecule has 0 atom stereocenters. The van der Waals surface area contributed by atoms with Crippen molar-refractivity contribution < 1.29 is 14.0 Å². The summed E-state index contributed by atoms with van der Waals surface area (Å²) < 4.78 is 16.4. The lowest BCUT2D eigenvalue weighted by Crippen LogP contribution is -2.49. The lowest BCUT2D eigenvalue weighted by molar-refractivity contribution is 0.0746. The number of nitrogens with zero attached hydrogens (tertiary/aromatic N) is 3. The second-order valence-corrected chi connectivity index (χ2v) is 7.14. The van der Waals surface area contributed by atoms with Crippen LogP contribution in [0.5, 0.6) is 0 Å². The lowest BCUT2D eigenvalue weighted by atomic mass is 10.1. The van der Waals surface area contributed by atoms with Crippen LogP contribution in [-0.4, -0.2) is 47.3 Å². The van der Waals surface area contributed by atoms with Crippen molar-refractivity contribution in [3.63, 3.8) is 0 Å². The van der Waals surface area contributed by atoms with Gasteiger partial charge in [-0.25, -0.2) is 4.39 Å². The number of aromatic nitrogens is 1. The van der Waals surface area contributed by atoms with Gasteiger partial charge in [0.25, 0.3) is 5.91 Å². The number of ketones is 1. The Hall–Kier alpha value is -3.41. The lowest BCUT2D eigenvalue weighted by Gasteiger charge is -2.36. The average Bonchev–Trinajstić information content (AvgIpc) is 3.28. The number of anilines is 1. The number of carbonyl (C=O) groups excluding carboxylic acids is 2. The molecule has 2 heterocycles. The Morgan fingerprint density at radius 1 is 0.862 bits per heavy atom. The van der Waals surface area contributed by atoms with Crippen molar-refractivity contribution in [3.05, 3.63) is 83.9 Å². The average molecular weight is 391 g/mol. The largest absolute Gasteiger partial charge is 0.366 e. The van der Waals surface area contributed by atoms with E-state index in [9.17, 15) is 14.0 Å². The summed E-state index contributed by atoms with van der Waals surface area (Å²) in [5.41, 5.74) is 2.48. The maximum absolute atomic E-state index is 14.4. The molecule has 1 aliphatic rings. The van der Waals surface area contributed by atoms with Crippen LogP contribution in [0, 0.1) is 5.82 Å². The minimum atomic E-state index is -0.405. The second-order valence-electron chi connectivity index (χ2n) is 7.14. The van der Waals surface area contributed by atoms with Crippen LogP contribution in [0.3, 0.4) is 0 Å². The highest BCUT2D eigenvalue weighted by molar-refractivity contribution is 5.95. The van der Waals surface area contributed by atoms with Gasteiger partial charge in [-0.1, -0.05) is 0 Å². The third-order valence-electron chi connectivity index (χ3n) is 5.28. The van der Waals surface area contributed by atoms with Crippen molar-refractivity contribution in [2.24, 2.45) is 0 Å². The smallest absolute Gasteiger partial charge is 0.253 e. The van der Waals surface area contributed by atoms with Gasteiger partial charge in [0.05, 0.1) is 5.69 Å². The maximum atomic E-state index is 14.4. The van der Waals surface area contributed by atoms with Gasteiger partial charge in [-0.15, -0.1) is 0 Å². The Bertz CT molecular complexity index is 1020. The van der Waals surface area contributed by atoms with Crippen LogP contribution in [0.2, 0.25) is 0 Å². The van der Waals surface area contributed by atoms with Gasteiger partial charge in [-0.3, -0.25) is 9.59 Å². The highest BCUT2D eigenvalue weighted by atomic mass is 19.1. The summed E-state index contributed by atoms with van der Waals surface area (Å²) in [4.78, 5) is 27.9. The molecule has 2 aromatic carbocycles. The number of rotatable bonds is 4. The van der Waals surface area contributed by atoms with Gasteiger partial charge in [-0.05, 0) is 61.5 Å². The molecular formula is C23H22FN3O2. The molecule has 5 nitrogen and oxygen atoms in total. The van der Waals surface area contributed by atoms with E-state index >= 15 is 0 Å². The monoisotopic (exact) mass is 391 g/mol. The summed E-state index contributed by atoms with van der Waals surface area (Å²) in [6.45, 7) is 3.55. The first-order valence-corrected chi connectivity index (χ1v) is 9.61. The molecule has 0 spiro atoms. The van der Waals surface area contributed by atoms with Crippen molar-refractivity contribution in [1.29, 1.82) is 0 Å². The Labute approximate surface area is 169 Å². The van der Waals surface area contributed by atoms with Crippen LogP contribution in [0.1, 0.15) is 27.6 Å². The van der Waals surface area contributed by atoms with Crippen LogP contribution in [0.4, 0.5) is 10.1 Å². The normalized spacial score (nSPS) is 14.1. The molecule has 29 heavy (non-hydrogen) atoms. The molecule has 4 rings (SSSR count). The summed E-state index contributed by atoms with van der Waals surface area (Å²) >= 11 is 0. The first-order valence-electron chi connectivity index (χ1n) is 9.61. The Morgan fingerprint density at radius 3 is 2.07 bits per heavy atom. The first kappa shape index (κ1) is 18.9. The van der Waals surface area contributed by atoms with E-state index in [-0.39, 0.29) is 11.7 Å². The predicted octanol–water partition coefficient (Wildman–Crippen LogP) is 3.78. The molecule has 0 N–H and O–H groups in total. The summed E-state index contributed by atoms with van der Waals surface area (Å²) in [6, 6.07) is 16.0. The van der Waals surface area contributed by atoms with Crippen molar-refractivity contribution in [1.82, 2.24) is 9.47 Å². The van der Waals surface area contributed by atoms with E-state index in [2.05, 4.69) is 0 Å². The Morgan fingerprint density at radius 2 is 1.48 bits per heavy atom. The van der Waals surface area contributed by atoms with Crippen LogP contribution in [-0.2, 0) is 0 Å². The fraction of sp³-hybridized carbons (Fsp3) is 0.217. The zero-order valence-corrected chi connectivity index (χ0v) is 16.2. The van der Waals surface area contributed by atoms with E-state index in [4.69, 9.17) is 0 Å². The molecule has 0 radical (unpaired) electrons. The van der Waals surface area contributed by atoms with Crippen LogP contribution < -0.4 is 4.90 Å². The molecule has 6 heteroatoms. The predicted molar refractivity (Wildman–Crippen MR) is 110 cm³/mol. The van der Waals surface area contributed by atoms with E-state index in [0.717, 1.165) is 5.69 Å². The summed E-state index contributed by atoms with van der Waals surface area (Å²) in [6.07, 6.45) is 3.91. The van der Waals surface area contributed by atoms with Gasteiger partial charge in [0.2, 0.25) is 0 Å². The van der Waals surface area contributed by atoms with Gasteiger partial charge < -0.3 is 14.4 Å². The number of halogens is 1. The van der Waals surface area contributed by atoms with Crippen LogP contribution in [0.15, 0.2) is 67.0 Å². The fourth-order valence-electron chi connectivity index (χ4n) is 3.60. The van der Waals surface area contributed by atoms with Crippen LogP contribution in [0.25, 0.3) is 5.69 Å². The molecule has 1 saturated heterocycles. The van der Waals surface area contributed by atoms with Crippen molar-refractivity contribution in [3.8, 4) is 5.69 Å². The molecule has 0 saturated carbocycles. The number of amides is 1. The number of hydrogen-bond acceptors (Lipinski definition) is 3. The highest BCUT2D eigenvalue weighted by Crippen LogP contribution is 2.23. The molecular weight excluding hydrogens is 369 g/mol. The third kappa shape index (κ3) is 3.92. The fourth-order valence-corrected chi connectivity index (χ4v) is 3.60. The molecule has 1 amide bonds. The molecule has 0 unspecified atom stereocenters. The van der Waals surface area contributed by atoms with Crippen LogP contribution >= 0.6 is 0 Å². The summed E-state index contributed by atoms with van der Waals surface area (Å²) in [5.74, 6) is -0.581. The minimum Gasteiger partial charge on any atom is -0.366 e. The zero-order valence-electron chi connectivity index (χ0n) is 16.2. The number of benzene rings is 2. The third-order valence-corrected chi connectivity index (χ3v) is 5.28. The summed E-state index contributed by atoms with van der Waals surface area (Å²) in [7, 11) is 0. The highest BCUT2D eigenvalue weighted by Gasteiger charge is 2.24. The number of hydrogen-bond donors (Lipinski definition) is 0. The zero-order chi connectivity index (χ0) is 20.4. The van der Waals surface area contributed by atoms with Gasteiger partial charge in [0.15, 0.2) is 5.78 Å². The van der Waals surface area contributed by atoms with E-state index in [1.54, 1.807) is 17.0 Å².